The Bertz CT molecular complexity index is 3790. The van der Waals surface area contributed by atoms with Gasteiger partial charge in [0, 0.05) is 33.2 Å². The van der Waals surface area contributed by atoms with E-state index in [1.165, 1.54) is 82.7 Å². The second kappa shape index (κ2) is 15.8. The standard InChI is InChI=1S/C65H44N2/c1-4-19-45(20-5-1)48-23-16-26-50(43-48)65(49-24-6-2-7-25-49)60-34-14-12-30-56(60)59-33-18-32-55(64(59)65)47-37-39-52(40-38-47)67-62-35-15-13-31-57(62)58-42-41-53(44-63(58)67)66(51-27-8-3-9-28-51)61-36-17-22-46-21-10-11-29-54(46)61/h1-44H. The van der Waals surface area contributed by atoms with Gasteiger partial charge in [0.15, 0.2) is 0 Å². The van der Waals surface area contributed by atoms with Gasteiger partial charge >= 0.3 is 0 Å². The van der Waals surface area contributed by atoms with Gasteiger partial charge in [-0.05, 0) is 116 Å². The molecule has 0 aliphatic heterocycles. The number of para-hydroxylation sites is 2. The highest BCUT2D eigenvalue weighted by atomic mass is 15.1. The Morgan fingerprint density at radius 2 is 0.925 bits per heavy atom. The molecule has 2 nitrogen and oxygen atoms in total. The van der Waals surface area contributed by atoms with E-state index in [2.05, 4.69) is 276 Å². The van der Waals surface area contributed by atoms with Crippen molar-refractivity contribution in [1.82, 2.24) is 4.57 Å². The molecule has 11 aromatic carbocycles. The van der Waals surface area contributed by atoms with Crippen molar-refractivity contribution in [3.8, 4) is 39.1 Å². The molecule has 1 unspecified atom stereocenters. The predicted molar refractivity (Wildman–Crippen MR) is 281 cm³/mol. The lowest BCUT2D eigenvalue weighted by molar-refractivity contribution is 0.770. The summed E-state index contributed by atoms with van der Waals surface area (Å²) in [6.07, 6.45) is 0. The maximum Gasteiger partial charge on any atom is 0.0719 e. The predicted octanol–water partition coefficient (Wildman–Crippen LogP) is 17.1. The van der Waals surface area contributed by atoms with Crippen molar-refractivity contribution in [3.63, 3.8) is 0 Å². The first kappa shape index (κ1) is 38.7. The molecule has 0 N–H and O–H groups in total. The summed E-state index contributed by atoms with van der Waals surface area (Å²) in [6.45, 7) is 0. The van der Waals surface area contributed by atoms with Gasteiger partial charge in [-0.25, -0.2) is 0 Å². The largest absolute Gasteiger partial charge is 0.310 e. The van der Waals surface area contributed by atoms with Crippen LogP contribution in [0, 0.1) is 0 Å². The van der Waals surface area contributed by atoms with Crippen molar-refractivity contribution in [3.05, 3.63) is 289 Å². The minimum Gasteiger partial charge on any atom is -0.310 e. The maximum atomic E-state index is 2.44. The zero-order valence-electron chi connectivity index (χ0n) is 36.8. The minimum absolute atomic E-state index is 0.564. The molecule has 0 saturated heterocycles. The quantitative estimate of drug-likeness (QED) is 0.148. The molecule has 0 saturated carbocycles. The zero-order valence-corrected chi connectivity index (χ0v) is 36.8. The molecule has 0 radical (unpaired) electrons. The van der Waals surface area contributed by atoms with Gasteiger partial charge in [0.25, 0.3) is 0 Å². The fourth-order valence-electron chi connectivity index (χ4n) is 11.2. The Morgan fingerprint density at radius 3 is 1.76 bits per heavy atom. The third-order valence-corrected chi connectivity index (χ3v) is 14.0. The lowest BCUT2D eigenvalue weighted by Gasteiger charge is -2.35. The van der Waals surface area contributed by atoms with Crippen molar-refractivity contribution < 1.29 is 0 Å². The lowest BCUT2D eigenvalue weighted by atomic mass is 9.66. The smallest absolute Gasteiger partial charge is 0.0719 e. The molecular formula is C65H44N2. The van der Waals surface area contributed by atoms with Crippen LogP contribution in [-0.2, 0) is 5.41 Å². The lowest BCUT2D eigenvalue weighted by Crippen LogP contribution is -2.29. The molecule has 2 heteroatoms. The van der Waals surface area contributed by atoms with Gasteiger partial charge in [-0.3, -0.25) is 0 Å². The second-order valence-corrected chi connectivity index (χ2v) is 17.6. The topological polar surface area (TPSA) is 8.17 Å². The van der Waals surface area contributed by atoms with Crippen LogP contribution in [0.3, 0.4) is 0 Å². The molecule has 0 spiro atoms. The highest BCUT2D eigenvalue weighted by Gasteiger charge is 2.47. The van der Waals surface area contributed by atoms with Gasteiger partial charge in [0.2, 0.25) is 0 Å². The fourth-order valence-corrected chi connectivity index (χ4v) is 11.2. The van der Waals surface area contributed by atoms with E-state index in [0.29, 0.717) is 0 Å². The average molecular weight is 853 g/mol. The molecule has 12 aromatic rings. The number of benzene rings is 11. The molecule has 1 aliphatic rings. The third kappa shape index (κ3) is 6.11. The number of hydrogen-bond donors (Lipinski definition) is 0. The maximum absolute atomic E-state index is 2.44. The van der Waals surface area contributed by atoms with Crippen LogP contribution in [0.4, 0.5) is 17.1 Å². The van der Waals surface area contributed by atoms with Crippen molar-refractivity contribution in [2.24, 2.45) is 0 Å². The molecular weight excluding hydrogens is 809 g/mol. The van der Waals surface area contributed by atoms with Crippen molar-refractivity contribution in [1.29, 1.82) is 0 Å². The molecule has 314 valence electrons. The summed E-state index contributed by atoms with van der Waals surface area (Å²) in [5, 5.41) is 4.87. The summed E-state index contributed by atoms with van der Waals surface area (Å²) in [5.74, 6) is 0. The van der Waals surface area contributed by atoms with Gasteiger partial charge in [-0.15, -0.1) is 0 Å². The normalized spacial score (nSPS) is 14.0. The fraction of sp³-hybridized carbons (Fsp3) is 0.0154. The first-order chi connectivity index (χ1) is 33.3. The summed E-state index contributed by atoms with van der Waals surface area (Å²) in [7, 11) is 0. The first-order valence-corrected chi connectivity index (χ1v) is 23.2. The van der Waals surface area contributed by atoms with Gasteiger partial charge in [0.05, 0.1) is 22.1 Å². The van der Waals surface area contributed by atoms with Crippen molar-refractivity contribution in [2.75, 3.05) is 4.90 Å². The summed E-state index contributed by atoms with van der Waals surface area (Å²) < 4.78 is 2.44. The highest BCUT2D eigenvalue weighted by Crippen LogP contribution is 2.59. The summed E-state index contributed by atoms with van der Waals surface area (Å²) in [5.41, 5.74) is 18.8. The Labute approximate surface area is 390 Å². The second-order valence-electron chi connectivity index (χ2n) is 17.6. The molecule has 1 aliphatic carbocycles. The SMILES string of the molecule is c1ccc(-c2cccc(C3(c4ccccc4)c4ccccc4-c4cccc(-c5ccc(-n6c7ccccc7c7ccc(N(c8ccccc8)c8cccc9ccccc89)cc76)cc5)c43)c2)cc1. The number of hydrogen-bond acceptors (Lipinski definition) is 1. The molecule has 13 rings (SSSR count). The molecule has 1 aromatic heterocycles. The molecule has 1 atom stereocenters. The Morgan fingerprint density at radius 1 is 0.328 bits per heavy atom. The number of aromatic nitrogens is 1. The van der Waals surface area contributed by atoms with E-state index < -0.39 is 5.41 Å². The molecule has 1 heterocycles. The number of anilines is 3. The van der Waals surface area contributed by atoms with E-state index in [1.807, 2.05) is 0 Å². The molecule has 0 amide bonds. The van der Waals surface area contributed by atoms with Crippen LogP contribution in [0.2, 0.25) is 0 Å². The van der Waals surface area contributed by atoms with E-state index in [9.17, 15) is 0 Å². The van der Waals surface area contributed by atoms with Crippen molar-refractivity contribution >= 4 is 49.6 Å². The molecule has 0 bridgehead atoms. The van der Waals surface area contributed by atoms with E-state index in [0.717, 1.165) is 28.3 Å². The Hall–Kier alpha value is -8.72. The van der Waals surface area contributed by atoms with Gasteiger partial charge in [-0.2, -0.15) is 0 Å². The highest BCUT2D eigenvalue weighted by molar-refractivity contribution is 6.11. The van der Waals surface area contributed by atoms with Gasteiger partial charge in [0.1, 0.15) is 0 Å². The average Bonchev–Trinajstić information content (AvgIpc) is 3.90. The molecule has 67 heavy (non-hydrogen) atoms. The van der Waals surface area contributed by atoms with Crippen LogP contribution >= 0.6 is 0 Å². The molecule has 0 fully saturated rings. The third-order valence-electron chi connectivity index (χ3n) is 14.0. The minimum atomic E-state index is -0.564. The van der Waals surface area contributed by atoms with E-state index in [-0.39, 0.29) is 0 Å². The number of fused-ring (bicyclic) bond motifs is 7. The number of rotatable bonds is 8. The van der Waals surface area contributed by atoms with Crippen LogP contribution in [0.25, 0.3) is 71.6 Å². The summed E-state index contributed by atoms with van der Waals surface area (Å²) in [6, 6.07) is 98.1. The zero-order chi connectivity index (χ0) is 44.3. The Balaban J connectivity index is 0.997. The monoisotopic (exact) mass is 852 g/mol. The van der Waals surface area contributed by atoms with E-state index in [4.69, 9.17) is 0 Å². The Kier molecular flexibility index (Phi) is 9.11. The summed E-state index contributed by atoms with van der Waals surface area (Å²) in [4.78, 5) is 2.40. The van der Waals surface area contributed by atoms with Crippen LogP contribution < -0.4 is 4.90 Å². The van der Waals surface area contributed by atoms with Gasteiger partial charge < -0.3 is 9.47 Å². The summed E-state index contributed by atoms with van der Waals surface area (Å²) >= 11 is 0. The van der Waals surface area contributed by atoms with Crippen LogP contribution in [-0.4, -0.2) is 4.57 Å². The number of nitrogens with zero attached hydrogens (tertiary/aromatic N) is 2. The van der Waals surface area contributed by atoms with Crippen LogP contribution in [0.5, 0.6) is 0 Å². The van der Waals surface area contributed by atoms with Crippen molar-refractivity contribution in [2.45, 2.75) is 5.41 Å². The van der Waals surface area contributed by atoms with Crippen LogP contribution in [0.15, 0.2) is 267 Å². The first-order valence-electron chi connectivity index (χ1n) is 23.2. The van der Waals surface area contributed by atoms with E-state index >= 15 is 0 Å². The van der Waals surface area contributed by atoms with Crippen LogP contribution in [0.1, 0.15) is 22.3 Å². The van der Waals surface area contributed by atoms with Gasteiger partial charge in [-0.1, -0.05) is 212 Å². The van der Waals surface area contributed by atoms with E-state index in [1.54, 1.807) is 0 Å².